The summed E-state index contributed by atoms with van der Waals surface area (Å²) in [4.78, 5) is 24.4. The lowest BCUT2D eigenvalue weighted by Gasteiger charge is -2.32. The number of H-pyrrole nitrogens is 1. The number of anilines is 1. The highest BCUT2D eigenvalue weighted by molar-refractivity contribution is 5.41. The van der Waals surface area contributed by atoms with Crippen molar-refractivity contribution in [2.45, 2.75) is 38.1 Å². The average molecular weight is 384 g/mol. The zero-order valence-electron chi connectivity index (χ0n) is 16.4. The van der Waals surface area contributed by atoms with Crippen LogP contribution in [-0.4, -0.2) is 53.3 Å². The van der Waals surface area contributed by atoms with Crippen molar-refractivity contribution in [3.05, 3.63) is 45.9 Å². The number of benzene rings is 1. The van der Waals surface area contributed by atoms with Gasteiger partial charge in [0.1, 0.15) is 0 Å². The predicted octanol–water partition coefficient (Wildman–Crippen LogP) is 2.46. The Morgan fingerprint density at radius 3 is 2.61 bits per heavy atom. The van der Waals surface area contributed by atoms with E-state index >= 15 is 0 Å². The maximum Gasteiger partial charge on any atom is 0.252 e. The lowest BCUT2D eigenvalue weighted by molar-refractivity contribution is 0.203. The van der Waals surface area contributed by atoms with E-state index in [0.717, 1.165) is 75.6 Å². The highest BCUT2D eigenvalue weighted by Crippen LogP contribution is 2.30. The molecule has 0 spiro atoms. The van der Waals surface area contributed by atoms with Crippen LogP contribution >= 0.6 is 0 Å². The average Bonchev–Trinajstić information content (AvgIpc) is 3.23. The zero-order valence-corrected chi connectivity index (χ0v) is 16.4. The van der Waals surface area contributed by atoms with Crippen LogP contribution in [0.5, 0.6) is 11.5 Å². The molecule has 2 fully saturated rings. The van der Waals surface area contributed by atoms with E-state index < -0.39 is 0 Å². The number of nitrogens with one attached hydrogen (secondary N) is 1. The quantitative estimate of drug-likeness (QED) is 0.824. The van der Waals surface area contributed by atoms with E-state index in [4.69, 9.17) is 9.72 Å². The molecule has 4 rings (SSSR count). The van der Waals surface area contributed by atoms with Crippen LogP contribution < -0.4 is 15.2 Å². The molecule has 0 saturated carbocycles. The van der Waals surface area contributed by atoms with Crippen molar-refractivity contribution in [3.63, 3.8) is 0 Å². The van der Waals surface area contributed by atoms with Crippen molar-refractivity contribution in [2.24, 2.45) is 0 Å². The molecule has 2 saturated heterocycles. The van der Waals surface area contributed by atoms with Crippen LogP contribution in [0.1, 0.15) is 42.9 Å². The van der Waals surface area contributed by atoms with Crippen LogP contribution in [0.2, 0.25) is 0 Å². The molecule has 1 aromatic heterocycles. The number of piperidine rings is 1. The number of aromatic hydroxyl groups is 1. The summed E-state index contributed by atoms with van der Waals surface area (Å²) >= 11 is 0. The van der Waals surface area contributed by atoms with E-state index in [1.165, 1.54) is 0 Å². The number of phenolic OH excluding ortho intramolecular Hbond substituents is 1. The standard InChI is InChI=1S/C21H28N4O3/c1-28-19-5-4-15(12-18(19)26)14-24-10-6-16(7-11-24)17-13-20(27)23-21(22-17)25-8-2-3-9-25/h4-5,12-13,16,26H,2-3,6-11,14H2,1H3,(H,22,23,27). The van der Waals surface area contributed by atoms with Gasteiger partial charge in [0.25, 0.3) is 5.56 Å². The maximum absolute atomic E-state index is 12.1. The van der Waals surface area contributed by atoms with E-state index in [-0.39, 0.29) is 11.3 Å². The summed E-state index contributed by atoms with van der Waals surface area (Å²) in [7, 11) is 1.55. The number of rotatable bonds is 5. The van der Waals surface area contributed by atoms with Gasteiger partial charge < -0.3 is 14.7 Å². The molecule has 0 amide bonds. The molecule has 2 N–H and O–H groups in total. The zero-order chi connectivity index (χ0) is 19.5. The van der Waals surface area contributed by atoms with Gasteiger partial charge in [-0.3, -0.25) is 14.7 Å². The van der Waals surface area contributed by atoms with Gasteiger partial charge in [-0.05, 0) is 56.5 Å². The highest BCUT2D eigenvalue weighted by Gasteiger charge is 2.24. The van der Waals surface area contributed by atoms with E-state index in [0.29, 0.717) is 11.7 Å². The van der Waals surface area contributed by atoms with Crippen LogP contribution in [0.15, 0.2) is 29.1 Å². The summed E-state index contributed by atoms with van der Waals surface area (Å²) < 4.78 is 5.11. The first-order chi connectivity index (χ1) is 13.6. The van der Waals surface area contributed by atoms with Crippen molar-refractivity contribution in [1.29, 1.82) is 0 Å². The third kappa shape index (κ3) is 4.14. The summed E-state index contributed by atoms with van der Waals surface area (Å²) in [5.74, 6) is 1.73. The van der Waals surface area contributed by atoms with Crippen LogP contribution in [-0.2, 0) is 6.54 Å². The molecular formula is C21H28N4O3. The lowest BCUT2D eigenvalue weighted by Crippen LogP contribution is -2.33. The Morgan fingerprint density at radius 2 is 1.93 bits per heavy atom. The fraction of sp³-hybridized carbons (Fsp3) is 0.524. The van der Waals surface area contributed by atoms with Crippen molar-refractivity contribution in [2.75, 3.05) is 38.2 Å². The molecule has 7 nitrogen and oxygen atoms in total. The van der Waals surface area contributed by atoms with Gasteiger partial charge >= 0.3 is 0 Å². The SMILES string of the molecule is COc1ccc(CN2CCC(c3cc(=O)[nH]c(N4CCCC4)n3)CC2)cc1O. The smallest absolute Gasteiger partial charge is 0.252 e. The third-order valence-electron chi connectivity index (χ3n) is 5.81. The van der Waals surface area contributed by atoms with Crippen LogP contribution in [0.4, 0.5) is 5.95 Å². The number of hydrogen-bond donors (Lipinski definition) is 2. The van der Waals surface area contributed by atoms with Crippen LogP contribution in [0.25, 0.3) is 0 Å². The fourth-order valence-corrected chi connectivity index (χ4v) is 4.23. The predicted molar refractivity (Wildman–Crippen MR) is 108 cm³/mol. The molecule has 28 heavy (non-hydrogen) atoms. The number of ether oxygens (including phenoxy) is 1. The monoisotopic (exact) mass is 384 g/mol. The molecule has 3 heterocycles. The molecule has 1 aromatic carbocycles. The number of aromatic amines is 1. The Morgan fingerprint density at radius 1 is 1.18 bits per heavy atom. The largest absolute Gasteiger partial charge is 0.504 e. The van der Waals surface area contributed by atoms with Gasteiger partial charge in [-0.15, -0.1) is 0 Å². The number of aromatic nitrogens is 2. The molecule has 2 aliphatic heterocycles. The Bertz CT molecular complexity index is 868. The molecule has 0 aliphatic carbocycles. The Hall–Kier alpha value is -2.54. The highest BCUT2D eigenvalue weighted by atomic mass is 16.5. The summed E-state index contributed by atoms with van der Waals surface area (Å²) in [5.41, 5.74) is 1.94. The first-order valence-electron chi connectivity index (χ1n) is 10.1. The fourth-order valence-electron chi connectivity index (χ4n) is 4.23. The molecule has 0 bridgehead atoms. The van der Waals surface area contributed by atoms with Gasteiger partial charge in [0.2, 0.25) is 5.95 Å². The number of nitrogens with zero attached hydrogens (tertiary/aromatic N) is 3. The summed E-state index contributed by atoms with van der Waals surface area (Å²) in [6.45, 7) is 4.64. The molecule has 2 aliphatic rings. The van der Waals surface area contributed by atoms with E-state index in [2.05, 4.69) is 14.8 Å². The summed E-state index contributed by atoms with van der Waals surface area (Å²) in [6.07, 6.45) is 4.29. The Balaban J connectivity index is 1.39. The first kappa shape index (κ1) is 18.8. The second-order valence-corrected chi connectivity index (χ2v) is 7.74. The second-order valence-electron chi connectivity index (χ2n) is 7.74. The maximum atomic E-state index is 12.1. The van der Waals surface area contributed by atoms with Crippen LogP contribution in [0, 0.1) is 0 Å². The minimum absolute atomic E-state index is 0.0527. The van der Waals surface area contributed by atoms with E-state index in [9.17, 15) is 9.90 Å². The van der Waals surface area contributed by atoms with Gasteiger partial charge in [-0.2, -0.15) is 0 Å². The van der Waals surface area contributed by atoms with Gasteiger partial charge in [-0.1, -0.05) is 6.07 Å². The van der Waals surface area contributed by atoms with Gasteiger partial charge in [0, 0.05) is 31.6 Å². The van der Waals surface area contributed by atoms with Crippen molar-refractivity contribution in [3.8, 4) is 11.5 Å². The van der Waals surface area contributed by atoms with E-state index in [1.54, 1.807) is 25.3 Å². The topological polar surface area (TPSA) is 81.7 Å². The van der Waals surface area contributed by atoms with Crippen LogP contribution in [0.3, 0.4) is 0 Å². The number of phenols is 1. The summed E-state index contributed by atoms with van der Waals surface area (Å²) in [5, 5.41) is 9.97. The minimum atomic E-state index is -0.0527. The van der Waals surface area contributed by atoms with Crippen molar-refractivity contribution < 1.29 is 9.84 Å². The second kappa shape index (κ2) is 8.22. The van der Waals surface area contributed by atoms with E-state index in [1.807, 2.05) is 6.07 Å². The molecule has 2 aromatic rings. The molecule has 0 atom stereocenters. The molecule has 150 valence electrons. The minimum Gasteiger partial charge on any atom is -0.504 e. The van der Waals surface area contributed by atoms with Crippen molar-refractivity contribution in [1.82, 2.24) is 14.9 Å². The number of hydrogen-bond acceptors (Lipinski definition) is 6. The van der Waals surface area contributed by atoms with Crippen molar-refractivity contribution >= 4 is 5.95 Å². The number of likely N-dealkylation sites (tertiary alicyclic amines) is 1. The third-order valence-corrected chi connectivity index (χ3v) is 5.81. The Kier molecular flexibility index (Phi) is 5.52. The number of methoxy groups -OCH3 is 1. The lowest BCUT2D eigenvalue weighted by atomic mass is 9.93. The molecule has 0 radical (unpaired) electrons. The molecular weight excluding hydrogens is 356 g/mol. The first-order valence-corrected chi connectivity index (χ1v) is 10.1. The Labute approximate surface area is 165 Å². The summed E-state index contributed by atoms with van der Waals surface area (Å²) in [6, 6.07) is 7.23. The molecule has 7 heteroatoms. The van der Waals surface area contributed by atoms with Gasteiger partial charge in [0.15, 0.2) is 11.5 Å². The van der Waals surface area contributed by atoms with Gasteiger partial charge in [-0.25, -0.2) is 4.98 Å². The molecule has 0 unspecified atom stereocenters. The van der Waals surface area contributed by atoms with Gasteiger partial charge in [0.05, 0.1) is 12.8 Å². The normalized spacial score (nSPS) is 18.5.